The van der Waals surface area contributed by atoms with Crippen molar-refractivity contribution in [1.29, 1.82) is 10.5 Å². The van der Waals surface area contributed by atoms with Crippen molar-refractivity contribution >= 4 is 21.8 Å². The highest BCUT2D eigenvalue weighted by molar-refractivity contribution is 6.11. The van der Waals surface area contributed by atoms with Gasteiger partial charge in [0.05, 0.1) is 22.3 Å². The fraction of sp³-hybridized carbons (Fsp3) is 0.0526. The van der Waals surface area contributed by atoms with Gasteiger partial charge in [0.15, 0.2) is 0 Å². The van der Waals surface area contributed by atoms with Crippen molar-refractivity contribution in [1.82, 2.24) is 14.5 Å². The minimum atomic E-state index is 0.112. The first-order valence-corrected chi connectivity index (χ1v) is 14.0. The molecule has 0 fully saturated rings. The normalized spacial score (nSPS) is 11.0. The molecule has 5 heteroatoms. The number of rotatable bonds is 4. The lowest BCUT2D eigenvalue weighted by atomic mass is 9.99. The van der Waals surface area contributed by atoms with Crippen LogP contribution in [0.4, 0.5) is 0 Å². The van der Waals surface area contributed by atoms with E-state index in [1.165, 1.54) is 11.1 Å². The van der Waals surface area contributed by atoms with Crippen molar-refractivity contribution in [2.75, 3.05) is 0 Å². The second-order valence-electron chi connectivity index (χ2n) is 10.8. The van der Waals surface area contributed by atoms with Crippen LogP contribution < -0.4 is 0 Å². The molecule has 0 saturated carbocycles. The molecule has 0 amide bonds. The third-order valence-electron chi connectivity index (χ3n) is 7.98. The molecular weight excluding hydrogens is 526 g/mol. The molecule has 5 aromatic carbocycles. The summed E-state index contributed by atoms with van der Waals surface area (Å²) in [5, 5.41) is 21.6. The molecule has 0 unspecified atom stereocenters. The second kappa shape index (κ2) is 10.4. The van der Waals surface area contributed by atoms with Gasteiger partial charge in [0, 0.05) is 28.7 Å². The molecule has 43 heavy (non-hydrogen) atoms. The minimum absolute atomic E-state index is 0.112. The highest BCUT2D eigenvalue weighted by Gasteiger charge is 2.17. The van der Waals surface area contributed by atoms with Gasteiger partial charge in [0.25, 0.3) is 0 Å². The quantitative estimate of drug-likeness (QED) is 0.219. The zero-order chi connectivity index (χ0) is 29.5. The summed E-state index contributed by atoms with van der Waals surface area (Å²) in [6, 6.07) is 40.5. The standard InChI is InChI=1S/C38H25N5/c1-24-3-7-26(8-4-24)29-12-15-36-33(18-29)34-19-30(27-9-5-25(2)6-10-27)13-16-37(34)43(36)35-14-11-28(17-31(35)20-39)32-22-41-38(21-40)42-23-32/h3-19,22-23H,1-2H3. The van der Waals surface area contributed by atoms with Gasteiger partial charge in [-0.3, -0.25) is 0 Å². The van der Waals surface area contributed by atoms with E-state index in [2.05, 4.69) is 119 Å². The van der Waals surface area contributed by atoms with Gasteiger partial charge in [-0.2, -0.15) is 10.5 Å². The summed E-state index contributed by atoms with van der Waals surface area (Å²) in [6.45, 7) is 4.19. The van der Waals surface area contributed by atoms with Crippen LogP contribution in [0.2, 0.25) is 0 Å². The molecule has 0 saturated heterocycles. The van der Waals surface area contributed by atoms with Gasteiger partial charge in [-0.05, 0) is 78.1 Å². The number of nitrogens with zero attached hydrogens (tertiary/aromatic N) is 5. The van der Waals surface area contributed by atoms with E-state index >= 15 is 0 Å². The lowest BCUT2D eigenvalue weighted by molar-refractivity contribution is 1.11. The Morgan fingerprint density at radius 2 is 0.977 bits per heavy atom. The van der Waals surface area contributed by atoms with E-state index < -0.39 is 0 Å². The fourth-order valence-electron chi connectivity index (χ4n) is 5.67. The summed E-state index contributed by atoms with van der Waals surface area (Å²) in [5.41, 5.74) is 12.0. The first kappa shape index (κ1) is 25.9. The summed E-state index contributed by atoms with van der Waals surface area (Å²) in [7, 11) is 0. The van der Waals surface area contributed by atoms with E-state index in [-0.39, 0.29) is 5.82 Å². The van der Waals surface area contributed by atoms with Crippen LogP contribution in [-0.4, -0.2) is 14.5 Å². The highest BCUT2D eigenvalue weighted by atomic mass is 15.0. The molecule has 7 aromatic rings. The number of aryl methyl sites for hydroxylation is 2. The third kappa shape index (κ3) is 4.60. The Morgan fingerprint density at radius 3 is 1.47 bits per heavy atom. The molecule has 0 bridgehead atoms. The zero-order valence-corrected chi connectivity index (χ0v) is 23.7. The predicted molar refractivity (Wildman–Crippen MR) is 172 cm³/mol. The van der Waals surface area contributed by atoms with Gasteiger partial charge in [-0.25, -0.2) is 9.97 Å². The maximum atomic E-state index is 10.3. The van der Waals surface area contributed by atoms with E-state index in [0.29, 0.717) is 5.56 Å². The van der Waals surface area contributed by atoms with Crippen molar-refractivity contribution in [2.45, 2.75) is 13.8 Å². The Kier molecular flexibility index (Phi) is 6.27. The van der Waals surface area contributed by atoms with Gasteiger partial charge >= 0.3 is 0 Å². The van der Waals surface area contributed by atoms with E-state index in [4.69, 9.17) is 5.26 Å². The Balaban J connectivity index is 1.46. The van der Waals surface area contributed by atoms with Crippen LogP contribution in [0.3, 0.4) is 0 Å². The summed E-state index contributed by atoms with van der Waals surface area (Å²) in [6.07, 6.45) is 3.22. The average Bonchev–Trinajstić information content (AvgIpc) is 3.38. The lowest BCUT2D eigenvalue weighted by Gasteiger charge is -2.12. The molecule has 0 spiro atoms. The van der Waals surface area contributed by atoms with Gasteiger partial charge in [0.1, 0.15) is 12.1 Å². The van der Waals surface area contributed by atoms with Crippen LogP contribution in [-0.2, 0) is 0 Å². The first-order chi connectivity index (χ1) is 21.0. The minimum Gasteiger partial charge on any atom is -0.308 e. The number of aromatic nitrogens is 3. The molecular formula is C38H25N5. The van der Waals surface area contributed by atoms with E-state index in [1.54, 1.807) is 12.4 Å². The summed E-state index contributed by atoms with van der Waals surface area (Å²) < 4.78 is 2.18. The molecule has 5 nitrogen and oxygen atoms in total. The van der Waals surface area contributed by atoms with Gasteiger partial charge in [-0.1, -0.05) is 77.9 Å². The molecule has 0 aliphatic heterocycles. The average molecular weight is 552 g/mol. The Labute approximate surface area is 249 Å². The van der Waals surface area contributed by atoms with Gasteiger partial charge in [0.2, 0.25) is 5.82 Å². The Hall–Kier alpha value is -6.04. The van der Waals surface area contributed by atoms with Crippen LogP contribution in [0.15, 0.2) is 116 Å². The lowest BCUT2D eigenvalue weighted by Crippen LogP contribution is -1.98. The van der Waals surface area contributed by atoms with Crippen LogP contribution >= 0.6 is 0 Å². The second-order valence-corrected chi connectivity index (χ2v) is 10.8. The smallest absolute Gasteiger partial charge is 0.232 e. The van der Waals surface area contributed by atoms with Gasteiger partial charge in [-0.15, -0.1) is 0 Å². The molecule has 0 N–H and O–H groups in total. The van der Waals surface area contributed by atoms with E-state index in [0.717, 1.165) is 60.9 Å². The third-order valence-corrected chi connectivity index (χ3v) is 7.98. The maximum absolute atomic E-state index is 10.3. The summed E-state index contributed by atoms with van der Waals surface area (Å²) in [5.74, 6) is 0.112. The molecule has 2 aromatic heterocycles. The number of nitriles is 2. The monoisotopic (exact) mass is 551 g/mol. The highest BCUT2D eigenvalue weighted by Crippen LogP contribution is 2.38. The zero-order valence-electron chi connectivity index (χ0n) is 23.7. The van der Waals surface area contributed by atoms with Crippen LogP contribution in [0, 0.1) is 36.5 Å². The number of fused-ring (bicyclic) bond motifs is 3. The molecule has 0 atom stereocenters. The van der Waals surface area contributed by atoms with Crippen molar-refractivity contribution < 1.29 is 0 Å². The Bertz CT molecular complexity index is 2140. The number of hydrogen-bond acceptors (Lipinski definition) is 4. The largest absolute Gasteiger partial charge is 0.308 e. The van der Waals surface area contributed by atoms with Crippen LogP contribution in [0.1, 0.15) is 22.5 Å². The molecule has 0 aliphatic rings. The molecule has 0 aliphatic carbocycles. The van der Waals surface area contributed by atoms with E-state index in [9.17, 15) is 5.26 Å². The molecule has 2 heterocycles. The van der Waals surface area contributed by atoms with Crippen molar-refractivity contribution in [3.05, 3.63) is 138 Å². The van der Waals surface area contributed by atoms with Crippen LogP contribution in [0.25, 0.3) is 60.9 Å². The predicted octanol–water partition coefficient (Wildman–Crippen LogP) is 8.93. The topological polar surface area (TPSA) is 78.3 Å². The number of benzene rings is 5. The molecule has 202 valence electrons. The Morgan fingerprint density at radius 1 is 0.512 bits per heavy atom. The van der Waals surface area contributed by atoms with E-state index in [1.807, 2.05) is 24.3 Å². The first-order valence-electron chi connectivity index (χ1n) is 14.0. The number of hydrogen-bond donors (Lipinski definition) is 0. The SMILES string of the molecule is Cc1ccc(-c2ccc3c(c2)c2cc(-c4ccc(C)cc4)ccc2n3-c2ccc(-c3cnc(C#N)nc3)cc2C#N)cc1. The summed E-state index contributed by atoms with van der Waals surface area (Å²) in [4.78, 5) is 8.20. The summed E-state index contributed by atoms with van der Waals surface area (Å²) >= 11 is 0. The van der Waals surface area contributed by atoms with Gasteiger partial charge < -0.3 is 4.57 Å². The van der Waals surface area contributed by atoms with Crippen molar-refractivity contribution in [3.63, 3.8) is 0 Å². The van der Waals surface area contributed by atoms with Crippen LogP contribution in [0.5, 0.6) is 0 Å². The van der Waals surface area contributed by atoms with Crippen molar-refractivity contribution in [2.24, 2.45) is 0 Å². The molecule has 0 radical (unpaired) electrons. The maximum Gasteiger partial charge on any atom is 0.232 e. The fourth-order valence-corrected chi connectivity index (χ4v) is 5.67. The van der Waals surface area contributed by atoms with Crippen molar-refractivity contribution in [3.8, 4) is 51.2 Å². The molecule has 7 rings (SSSR count).